The Labute approximate surface area is 89.9 Å². The van der Waals surface area contributed by atoms with Crippen molar-refractivity contribution in [3.63, 3.8) is 0 Å². The maximum Gasteiger partial charge on any atom is 0.126 e. The van der Waals surface area contributed by atoms with Crippen LogP contribution >= 0.6 is 0 Å². The van der Waals surface area contributed by atoms with E-state index in [1.807, 2.05) is 0 Å². The van der Waals surface area contributed by atoms with E-state index in [1.54, 1.807) is 0 Å². The van der Waals surface area contributed by atoms with Crippen molar-refractivity contribution >= 4 is 0 Å². The number of aliphatic hydroxyl groups excluding tert-OH is 1. The molecule has 1 aromatic rings. The zero-order valence-electron chi connectivity index (χ0n) is 8.83. The Morgan fingerprint density at radius 3 is 2.60 bits per heavy atom. The highest BCUT2D eigenvalue weighted by atomic mass is 16.5. The van der Waals surface area contributed by atoms with Crippen LogP contribution in [0.5, 0.6) is 5.75 Å². The molecule has 1 aromatic carbocycles. The summed E-state index contributed by atoms with van der Waals surface area (Å²) in [5.74, 6) is 1.01. The van der Waals surface area contributed by atoms with E-state index in [4.69, 9.17) is 9.84 Å². The Kier molecular flexibility index (Phi) is 2.17. The maximum absolute atomic E-state index is 9.08. The van der Waals surface area contributed by atoms with Crippen LogP contribution in [-0.2, 0) is 19.3 Å². The Morgan fingerprint density at radius 2 is 1.87 bits per heavy atom. The third-order valence-electron chi connectivity index (χ3n) is 3.47. The third kappa shape index (κ3) is 1.53. The summed E-state index contributed by atoms with van der Waals surface area (Å²) in [7, 11) is 0. The van der Waals surface area contributed by atoms with Gasteiger partial charge in [0.25, 0.3) is 0 Å². The van der Waals surface area contributed by atoms with Gasteiger partial charge >= 0.3 is 0 Å². The van der Waals surface area contributed by atoms with Gasteiger partial charge in [0.05, 0.1) is 6.61 Å². The van der Waals surface area contributed by atoms with Gasteiger partial charge in [-0.2, -0.15) is 0 Å². The molecule has 0 radical (unpaired) electrons. The highest BCUT2D eigenvalue weighted by Crippen LogP contribution is 2.34. The molecule has 0 bridgehead atoms. The summed E-state index contributed by atoms with van der Waals surface area (Å²) in [6.45, 7) is 0.124. The Balaban J connectivity index is 1.97. The van der Waals surface area contributed by atoms with Crippen LogP contribution < -0.4 is 4.74 Å². The lowest BCUT2D eigenvalue weighted by Gasteiger charge is -2.16. The maximum atomic E-state index is 9.08. The fraction of sp³-hybridized carbons (Fsp3) is 0.538. The molecular formula is C13H16O2. The normalized spacial score (nSPS) is 23.1. The molecule has 0 spiro atoms. The minimum Gasteiger partial charge on any atom is -0.487 e. The number of aliphatic hydroxyl groups is 1. The van der Waals surface area contributed by atoms with Gasteiger partial charge in [0.15, 0.2) is 0 Å². The number of aryl methyl sites for hydroxylation is 2. The van der Waals surface area contributed by atoms with Crippen molar-refractivity contribution in [2.45, 2.75) is 38.2 Å². The molecule has 1 aliphatic heterocycles. The van der Waals surface area contributed by atoms with Crippen molar-refractivity contribution in [1.82, 2.24) is 0 Å². The molecule has 15 heavy (non-hydrogen) atoms. The summed E-state index contributed by atoms with van der Waals surface area (Å²) in [5.41, 5.74) is 4.25. The summed E-state index contributed by atoms with van der Waals surface area (Å²) in [6, 6.07) is 4.49. The van der Waals surface area contributed by atoms with Crippen molar-refractivity contribution in [2.75, 3.05) is 6.61 Å². The van der Waals surface area contributed by atoms with Crippen molar-refractivity contribution < 1.29 is 9.84 Å². The van der Waals surface area contributed by atoms with E-state index >= 15 is 0 Å². The van der Waals surface area contributed by atoms with Crippen LogP contribution in [0.25, 0.3) is 0 Å². The second-order valence-electron chi connectivity index (χ2n) is 4.56. The van der Waals surface area contributed by atoms with Gasteiger partial charge in [0.1, 0.15) is 11.9 Å². The molecule has 80 valence electrons. The monoisotopic (exact) mass is 204 g/mol. The van der Waals surface area contributed by atoms with E-state index in [-0.39, 0.29) is 12.7 Å². The van der Waals surface area contributed by atoms with Crippen molar-refractivity contribution in [1.29, 1.82) is 0 Å². The Morgan fingerprint density at radius 1 is 1.13 bits per heavy atom. The smallest absolute Gasteiger partial charge is 0.126 e. The second-order valence-corrected chi connectivity index (χ2v) is 4.56. The zero-order chi connectivity index (χ0) is 10.3. The SMILES string of the molecule is OCC1Cc2cc3c(cc2O1)CCCC3. The van der Waals surface area contributed by atoms with E-state index in [1.165, 1.54) is 42.4 Å². The van der Waals surface area contributed by atoms with E-state index in [9.17, 15) is 0 Å². The van der Waals surface area contributed by atoms with Gasteiger partial charge in [0.2, 0.25) is 0 Å². The molecule has 2 heteroatoms. The number of ether oxygens (including phenoxy) is 1. The first-order valence-corrected chi connectivity index (χ1v) is 5.79. The Hall–Kier alpha value is -1.02. The van der Waals surface area contributed by atoms with Crippen LogP contribution in [0.3, 0.4) is 0 Å². The molecular weight excluding hydrogens is 188 g/mol. The van der Waals surface area contributed by atoms with Gasteiger partial charge < -0.3 is 9.84 Å². The van der Waals surface area contributed by atoms with Crippen molar-refractivity contribution in [2.24, 2.45) is 0 Å². The van der Waals surface area contributed by atoms with E-state index < -0.39 is 0 Å². The first kappa shape index (κ1) is 9.22. The molecule has 3 rings (SSSR count). The first-order valence-electron chi connectivity index (χ1n) is 5.79. The minimum atomic E-state index is -0.0103. The molecule has 0 amide bonds. The molecule has 0 fully saturated rings. The molecule has 2 aliphatic rings. The van der Waals surface area contributed by atoms with Crippen molar-refractivity contribution in [3.05, 3.63) is 28.8 Å². The van der Waals surface area contributed by atoms with E-state index in [0.717, 1.165) is 12.2 Å². The van der Waals surface area contributed by atoms with E-state index in [0.29, 0.717) is 0 Å². The fourth-order valence-corrected chi connectivity index (χ4v) is 2.65. The van der Waals surface area contributed by atoms with Gasteiger partial charge in [0, 0.05) is 6.42 Å². The molecule has 1 aliphatic carbocycles. The Bertz CT molecular complexity index is 349. The summed E-state index contributed by atoms with van der Waals surface area (Å²) in [4.78, 5) is 0. The van der Waals surface area contributed by atoms with Crippen LogP contribution in [0.4, 0.5) is 0 Å². The summed E-state index contributed by atoms with van der Waals surface area (Å²) < 4.78 is 5.67. The first-order chi connectivity index (χ1) is 7.36. The molecule has 1 heterocycles. The average Bonchev–Trinajstić information content (AvgIpc) is 2.67. The lowest BCUT2D eigenvalue weighted by Crippen LogP contribution is -2.17. The minimum absolute atomic E-state index is 0.0103. The zero-order valence-corrected chi connectivity index (χ0v) is 8.83. The number of benzene rings is 1. The predicted octanol–water partition coefficient (Wildman–Crippen LogP) is 1.86. The quantitative estimate of drug-likeness (QED) is 0.756. The fourth-order valence-electron chi connectivity index (χ4n) is 2.65. The van der Waals surface area contributed by atoms with Gasteiger partial charge in [-0.05, 0) is 48.4 Å². The average molecular weight is 204 g/mol. The second kappa shape index (κ2) is 3.53. The van der Waals surface area contributed by atoms with Gasteiger partial charge in [-0.25, -0.2) is 0 Å². The molecule has 2 nitrogen and oxygen atoms in total. The number of hydrogen-bond donors (Lipinski definition) is 1. The molecule has 0 saturated heterocycles. The summed E-state index contributed by atoms with van der Waals surface area (Å²) in [5, 5.41) is 9.08. The van der Waals surface area contributed by atoms with Crippen LogP contribution in [0.2, 0.25) is 0 Å². The molecule has 1 N–H and O–H groups in total. The van der Waals surface area contributed by atoms with E-state index in [2.05, 4.69) is 12.1 Å². The largest absolute Gasteiger partial charge is 0.487 e. The molecule has 1 atom stereocenters. The molecule has 1 unspecified atom stereocenters. The van der Waals surface area contributed by atoms with Gasteiger partial charge in [-0.3, -0.25) is 0 Å². The molecule has 0 saturated carbocycles. The lowest BCUT2D eigenvalue weighted by atomic mass is 9.89. The highest BCUT2D eigenvalue weighted by molar-refractivity contribution is 5.46. The van der Waals surface area contributed by atoms with Crippen LogP contribution in [0.15, 0.2) is 12.1 Å². The summed E-state index contributed by atoms with van der Waals surface area (Å²) in [6.07, 6.45) is 5.89. The number of rotatable bonds is 1. The third-order valence-corrected chi connectivity index (χ3v) is 3.47. The van der Waals surface area contributed by atoms with Gasteiger partial charge in [-0.15, -0.1) is 0 Å². The van der Waals surface area contributed by atoms with Crippen LogP contribution in [0, 0.1) is 0 Å². The van der Waals surface area contributed by atoms with Crippen molar-refractivity contribution in [3.8, 4) is 5.75 Å². The standard InChI is InChI=1S/C13H16O2/c14-8-12-6-11-5-9-3-1-2-4-10(9)7-13(11)15-12/h5,7,12,14H,1-4,6,8H2. The van der Waals surface area contributed by atoms with Crippen LogP contribution in [-0.4, -0.2) is 17.8 Å². The highest BCUT2D eigenvalue weighted by Gasteiger charge is 2.24. The lowest BCUT2D eigenvalue weighted by molar-refractivity contribution is 0.134. The van der Waals surface area contributed by atoms with Crippen LogP contribution in [0.1, 0.15) is 29.5 Å². The number of fused-ring (bicyclic) bond motifs is 2. The number of hydrogen-bond acceptors (Lipinski definition) is 2. The molecule has 0 aromatic heterocycles. The summed E-state index contributed by atoms with van der Waals surface area (Å²) >= 11 is 0. The predicted molar refractivity (Wildman–Crippen MR) is 58.3 cm³/mol. The topological polar surface area (TPSA) is 29.5 Å². The van der Waals surface area contributed by atoms with Gasteiger partial charge in [-0.1, -0.05) is 6.07 Å².